The number of carbonyl (C=O) groups is 1. The quantitative estimate of drug-likeness (QED) is 0.796. The third kappa shape index (κ3) is 2.00. The molecule has 1 N–H and O–H groups in total. The van der Waals surface area contributed by atoms with Crippen LogP contribution in [0.1, 0.15) is 47.0 Å². The van der Waals surface area contributed by atoms with Crippen molar-refractivity contribution in [3.05, 3.63) is 12.2 Å². The fraction of sp³-hybridized carbons (Fsp3) is 0.824. The second-order valence-electron chi connectivity index (χ2n) is 8.34. The Morgan fingerprint density at radius 2 is 2.00 bits per heavy atom. The number of nitrogens with zero attached hydrogens (tertiary/aromatic N) is 1. The molecular weight excluding hydrogens is 314 g/mol. The minimum atomic E-state index is -3.62. The van der Waals surface area contributed by atoms with Crippen molar-refractivity contribution in [2.24, 2.45) is 22.7 Å². The number of rotatable bonds is 3. The molecule has 3 fully saturated rings. The largest absolute Gasteiger partial charge is 0.388 e. The molecule has 3 rings (SSSR count). The Bertz CT molecular complexity index is 668. The maximum Gasteiger partial charge on any atom is 0.242 e. The van der Waals surface area contributed by atoms with Crippen molar-refractivity contribution in [3.8, 4) is 0 Å². The summed E-state index contributed by atoms with van der Waals surface area (Å²) in [5, 5.41) is 10.1. The molecule has 0 unspecified atom stereocenters. The van der Waals surface area contributed by atoms with Crippen LogP contribution in [0.25, 0.3) is 0 Å². The van der Waals surface area contributed by atoms with Gasteiger partial charge in [0.1, 0.15) is 0 Å². The van der Waals surface area contributed by atoms with Crippen LogP contribution < -0.4 is 0 Å². The van der Waals surface area contributed by atoms with Crippen molar-refractivity contribution in [3.63, 3.8) is 0 Å². The topological polar surface area (TPSA) is 74.7 Å². The number of hydrogen-bond acceptors (Lipinski definition) is 4. The number of carbonyl (C=O) groups excluding carboxylic acids is 1. The molecule has 1 saturated heterocycles. The Balaban J connectivity index is 1.98. The van der Waals surface area contributed by atoms with Gasteiger partial charge in [-0.25, -0.2) is 12.7 Å². The molecule has 1 amide bonds. The van der Waals surface area contributed by atoms with E-state index in [-0.39, 0.29) is 22.6 Å². The summed E-state index contributed by atoms with van der Waals surface area (Å²) in [5.41, 5.74) is 0.0983. The van der Waals surface area contributed by atoms with Crippen molar-refractivity contribution >= 4 is 15.9 Å². The summed E-state index contributed by atoms with van der Waals surface area (Å²) in [7, 11) is -3.62. The highest BCUT2D eigenvalue weighted by atomic mass is 32.2. The lowest BCUT2D eigenvalue weighted by atomic mass is 9.69. The van der Waals surface area contributed by atoms with Crippen molar-refractivity contribution in [2.75, 3.05) is 5.75 Å². The van der Waals surface area contributed by atoms with Gasteiger partial charge in [0, 0.05) is 5.41 Å². The molecule has 2 aliphatic carbocycles. The minimum absolute atomic E-state index is 0.0595. The van der Waals surface area contributed by atoms with Gasteiger partial charge in [-0.15, -0.1) is 0 Å². The van der Waals surface area contributed by atoms with Gasteiger partial charge in [-0.1, -0.05) is 32.9 Å². The number of hydrogen-bond donors (Lipinski definition) is 1. The first-order valence-corrected chi connectivity index (χ1v) is 9.96. The van der Waals surface area contributed by atoms with Gasteiger partial charge in [0.2, 0.25) is 15.9 Å². The van der Waals surface area contributed by atoms with Crippen LogP contribution in [0.2, 0.25) is 0 Å². The Hall–Kier alpha value is -0.880. The van der Waals surface area contributed by atoms with Crippen LogP contribution in [0, 0.1) is 22.7 Å². The van der Waals surface area contributed by atoms with Crippen LogP contribution in [-0.2, 0) is 14.8 Å². The summed E-state index contributed by atoms with van der Waals surface area (Å²) in [6.45, 7) is 11.2. The molecule has 23 heavy (non-hydrogen) atoms. The predicted molar refractivity (Wildman–Crippen MR) is 88.0 cm³/mol. The summed E-state index contributed by atoms with van der Waals surface area (Å²) in [4.78, 5) is 12.9. The first-order chi connectivity index (χ1) is 10.5. The van der Waals surface area contributed by atoms with E-state index in [0.29, 0.717) is 11.5 Å². The van der Waals surface area contributed by atoms with Gasteiger partial charge in [0.25, 0.3) is 0 Å². The summed E-state index contributed by atoms with van der Waals surface area (Å²) >= 11 is 0. The van der Waals surface area contributed by atoms with Gasteiger partial charge < -0.3 is 5.11 Å². The molecule has 1 heterocycles. The molecule has 1 spiro atoms. The van der Waals surface area contributed by atoms with Crippen LogP contribution in [0.3, 0.4) is 0 Å². The van der Waals surface area contributed by atoms with Gasteiger partial charge in [0.15, 0.2) is 0 Å². The van der Waals surface area contributed by atoms with E-state index in [9.17, 15) is 18.3 Å². The summed E-state index contributed by atoms with van der Waals surface area (Å²) in [6.07, 6.45) is 1.66. The maximum atomic E-state index is 12.9. The van der Waals surface area contributed by atoms with Gasteiger partial charge in [0.05, 0.1) is 23.8 Å². The van der Waals surface area contributed by atoms with E-state index >= 15 is 0 Å². The molecule has 1 aliphatic heterocycles. The lowest BCUT2D eigenvalue weighted by Crippen LogP contribution is -2.47. The third-order valence-electron chi connectivity index (χ3n) is 7.00. The van der Waals surface area contributed by atoms with Crippen LogP contribution in [0.4, 0.5) is 0 Å². The molecule has 2 bridgehead atoms. The van der Waals surface area contributed by atoms with E-state index in [1.54, 1.807) is 13.8 Å². The average molecular weight is 341 g/mol. The third-order valence-corrected chi connectivity index (χ3v) is 8.91. The van der Waals surface area contributed by atoms with E-state index in [1.807, 2.05) is 0 Å². The van der Waals surface area contributed by atoms with Crippen molar-refractivity contribution in [2.45, 2.75) is 59.1 Å². The zero-order chi connectivity index (χ0) is 17.4. The summed E-state index contributed by atoms with van der Waals surface area (Å²) < 4.78 is 26.7. The van der Waals surface area contributed by atoms with E-state index in [1.165, 1.54) is 0 Å². The molecule has 6 heteroatoms. The molecule has 0 aromatic carbocycles. The molecule has 5 nitrogen and oxygen atoms in total. The Kier molecular flexibility index (Phi) is 3.55. The van der Waals surface area contributed by atoms with E-state index < -0.39 is 28.0 Å². The zero-order valence-corrected chi connectivity index (χ0v) is 15.2. The van der Waals surface area contributed by atoms with Crippen molar-refractivity contribution in [1.82, 2.24) is 4.31 Å². The lowest BCUT2D eigenvalue weighted by Gasteiger charge is -2.37. The molecule has 0 aromatic heterocycles. The average Bonchev–Trinajstić information content (AvgIpc) is 2.91. The predicted octanol–water partition coefficient (Wildman–Crippen LogP) is 1.93. The van der Waals surface area contributed by atoms with E-state index in [4.69, 9.17) is 0 Å². The molecule has 0 aromatic rings. The first kappa shape index (κ1) is 17.0. The number of aliphatic hydroxyl groups excluding tert-OH is 1. The highest BCUT2D eigenvalue weighted by molar-refractivity contribution is 7.90. The Morgan fingerprint density at radius 1 is 1.39 bits per heavy atom. The molecular formula is C17H27NO4S. The molecule has 5 atom stereocenters. The highest BCUT2D eigenvalue weighted by Gasteiger charge is 2.72. The number of aliphatic hydroxyl groups is 1. The van der Waals surface area contributed by atoms with E-state index in [0.717, 1.165) is 23.6 Å². The first-order valence-electron chi connectivity index (χ1n) is 8.35. The lowest BCUT2D eigenvalue weighted by molar-refractivity contribution is -0.135. The second-order valence-corrected chi connectivity index (χ2v) is 10.2. The number of sulfonamides is 1. The fourth-order valence-electron chi connectivity index (χ4n) is 5.34. The minimum Gasteiger partial charge on any atom is -0.388 e. The fourth-order valence-corrected chi connectivity index (χ4v) is 7.96. The van der Waals surface area contributed by atoms with Crippen molar-refractivity contribution < 1.29 is 18.3 Å². The SMILES string of the molecule is C=C(C)[C@H](O)[C@@H](C)C(=O)N1[C@@H]2C[C@H]3CC[C@]2(CS1(=O)=O)C3(C)C. The van der Waals surface area contributed by atoms with Crippen LogP contribution in [0.5, 0.6) is 0 Å². The van der Waals surface area contributed by atoms with Crippen LogP contribution >= 0.6 is 0 Å². The van der Waals surface area contributed by atoms with Crippen LogP contribution in [0.15, 0.2) is 12.2 Å². The van der Waals surface area contributed by atoms with Gasteiger partial charge >= 0.3 is 0 Å². The van der Waals surface area contributed by atoms with Gasteiger partial charge in [-0.2, -0.15) is 0 Å². The zero-order valence-electron chi connectivity index (χ0n) is 14.4. The van der Waals surface area contributed by atoms with E-state index in [2.05, 4.69) is 20.4 Å². The van der Waals surface area contributed by atoms with Crippen LogP contribution in [-0.4, -0.2) is 41.6 Å². The Labute approximate surface area is 138 Å². The monoisotopic (exact) mass is 341 g/mol. The molecule has 130 valence electrons. The molecule has 2 saturated carbocycles. The molecule has 3 aliphatic rings. The second kappa shape index (κ2) is 4.82. The summed E-state index contributed by atoms with van der Waals surface area (Å²) in [6, 6.07) is -0.242. The maximum absolute atomic E-state index is 12.9. The Morgan fingerprint density at radius 3 is 2.52 bits per heavy atom. The van der Waals surface area contributed by atoms with Gasteiger partial charge in [-0.3, -0.25) is 4.79 Å². The smallest absolute Gasteiger partial charge is 0.242 e. The number of fused-ring (bicyclic) bond motifs is 1. The molecule has 0 radical (unpaired) electrons. The standard InChI is InChI=1S/C17H27NO4S/c1-10(2)14(19)11(3)15(20)18-13-8-12-6-7-17(13,16(12,4)5)9-23(18,21)22/h11-14,19H,1,6-9H2,2-5H3/t11-,12-,13-,14+,17-/m1/s1. The normalized spacial score (nSPS) is 39.1. The van der Waals surface area contributed by atoms with Gasteiger partial charge in [-0.05, 0) is 37.5 Å². The highest BCUT2D eigenvalue weighted by Crippen LogP contribution is 2.70. The number of amides is 1. The van der Waals surface area contributed by atoms with Crippen molar-refractivity contribution in [1.29, 1.82) is 0 Å². The summed E-state index contributed by atoms with van der Waals surface area (Å²) in [5.74, 6) is -0.736.